The Bertz CT molecular complexity index is 779. The smallest absolute Gasteiger partial charge is 0.282 e. The van der Waals surface area contributed by atoms with Crippen molar-refractivity contribution in [2.45, 2.75) is 4.90 Å². The summed E-state index contributed by atoms with van der Waals surface area (Å²) < 4.78 is 30.9. The molecule has 1 aromatic carbocycles. The molecule has 9 heteroatoms. The first-order chi connectivity index (χ1) is 9.97. The predicted molar refractivity (Wildman–Crippen MR) is 75.6 cm³/mol. The van der Waals surface area contributed by atoms with E-state index in [4.69, 9.17) is 4.55 Å². The largest absolute Gasteiger partial charge is 1.00 e. The number of benzene rings is 1. The maximum Gasteiger partial charge on any atom is 1.00 e. The van der Waals surface area contributed by atoms with Crippen molar-refractivity contribution in [2.24, 2.45) is 5.10 Å². The van der Waals surface area contributed by atoms with Crippen molar-refractivity contribution in [3.05, 3.63) is 59.9 Å². The van der Waals surface area contributed by atoms with Crippen LogP contribution in [0.3, 0.4) is 0 Å². The second-order valence-corrected chi connectivity index (χ2v) is 5.40. The maximum absolute atomic E-state index is 11.7. The molecule has 1 amide bonds. The molecule has 0 aliphatic carbocycles. The van der Waals surface area contributed by atoms with E-state index in [1.807, 2.05) is 0 Å². The Morgan fingerprint density at radius 3 is 2.55 bits per heavy atom. The summed E-state index contributed by atoms with van der Waals surface area (Å²) in [7, 11) is -4.27. The monoisotopic (exact) mass is 328 g/mol. The minimum absolute atomic E-state index is 0. The summed E-state index contributed by atoms with van der Waals surface area (Å²) >= 11 is 0. The number of nitrogens with one attached hydrogen (secondary N) is 1. The third kappa shape index (κ3) is 5.32. The van der Waals surface area contributed by atoms with Crippen LogP contribution in [0.15, 0.2) is 58.8 Å². The van der Waals surface area contributed by atoms with E-state index in [2.05, 4.69) is 15.5 Å². The van der Waals surface area contributed by atoms with Gasteiger partial charge in [0.1, 0.15) is 0 Å². The zero-order chi connectivity index (χ0) is 15.3. The number of hydrogen-bond donors (Lipinski definition) is 2. The number of hydrogen-bond acceptors (Lipinski definition) is 5. The molecule has 0 atom stereocenters. The first kappa shape index (κ1) is 18.5. The molecule has 2 rings (SSSR count). The van der Waals surface area contributed by atoms with Gasteiger partial charge in [0.25, 0.3) is 16.0 Å². The van der Waals surface area contributed by atoms with Gasteiger partial charge in [-0.1, -0.05) is 12.1 Å². The molecule has 1 heterocycles. The summed E-state index contributed by atoms with van der Waals surface area (Å²) in [6.07, 6.45) is 4.23. The van der Waals surface area contributed by atoms with Crippen LogP contribution in [-0.2, 0) is 10.1 Å². The summed E-state index contributed by atoms with van der Waals surface area (Å²) in [5.41, 5.74) is 3.11. The fourth-order valence-electron chi connectivity index (χ4n) is 1.49. The third-order valence-corrected chi connectivity index (χ3v) is 3.33. The van der Waals surface area contributed by atoms with Crippen molar-refractivity contribution >= 4 is 22.2 Å². The van der Waals surface area contributed by atoms with Crippen molar-refractivity contribution < 1.29 is 47.3 Å². The van der Waals surface area contributed by atoms with Crippen LogP contribution in [0.5, 0.6) is 0 Å². The number of aromatic nitrogens is 1. The van der Waals surface area contributed by atoms with Crippen molar-refractivity contribution in [1.82, 2.24) is 10.4 Å². The number of rotatable bonds is 4. The number of carbonyl (C=O) groups is 1. The van der Waals surface area contributed by atoms with Gasteiger partial charge < -0.3 is 0 Å². The van der Waals surface area contributed by atoms with E-state index in [0.717, 1.165) is 0 Å². The molecule has 0 saturated heterocycles. The van der Waals surface area contributed by atoms with Crippen molar-refractivity contribution in [3.63, 3.8) is 0 Å². The normalized spacial score (nSPS) is 11.0. The molecule has 22 heavy (non-hydrogen) atoms. The standard InChI is InChI=1S/C13H11N3O4S.Na/c17-13(11-4-6-14-7-5-11)16-15-9-10-2-1-3-12(8-10)21(18,19)20;/h1-9H,(H,16,17)(H,18,19,20);/q;+1/b15-9+;. The van der Waals surface area contributed by atoms with E-state index in [-0.39, 0.29) is 34.5 Å². The van der Waals surface area contributed by atoms with Gasteiger partial charge >= 0.3 is 29.6 Å². The summed E-state index contributed by atoms with van der Waals surface area (Å²) in [6.45, 7) is 0. The predicted octanol–water partition coefficient (Wildman–Crippen LogP) is -1.90. The van der Waals surface area contributed by atoms with Crippen LogP contribution in [-0.4, -0.2) is 30.1 Å². The molecule has 0 saturated carbocycles. The SMILES string of the molecule is O=C(N/N=C/c1cccc(S(=O)(=O)O)c1)c1ccncc1.[Na+]. The molecule has 0 bridgehead atoms. The van der Waals surface area contributed by atoms with Gasteiger partial charge in [-0.05, 0) is 29.8 Å². The number of pyridine rings is 1. The van der Waals surface area contributed by atoms with Crippen LogP contribution >= 0.6 is 0 Å². The molecule has 0 unspecified atom stereocenters. The van der Waals surface area contributed by atoms with Crippen LogP contribution < -0.4 is 35.0 Å². The number of nitrogens with zero attached hydrogens (tertiary/aromatic N) is 2. The molecule has 7 nitrogen and oxygen atoms in total. The average Bonchev–Trinajstić information content (AvgIpc) is 2.47. The molecule has 1 aromatic heterocycles. The van der Waals surface area contributed by atoms with Gasteiger partial charge in [-0.2, -0.15) is 13.5 Å². The Morgan fingerprint density at radius 2 is 1.91 bits per heavy atom. The molecule has 0 spiro atoms. The zero-order valence-electron chi connectivity index (χ0n) is 11.7. The fraction of sp³-hybridized carbons (Fsp3) is 0. The van der Waals surface area contributed by atoms with Crippen molar-refractivity contribution in [2.75, 3.05) is 0 Å². The van der Waals surface area contributed by atoms with E-state index in [1.54, 1.807) is 6.07 Å². The molecule has 0 radical (unpaired) electrons. The number of hydrazone groups is 1. The van der Waals surface area contributed by atoms with Crippen LogP contribution in [0.1, 0.15) is 15.9 Å². The molecule has 108 valence electrons. The van der Waals surface area contributed by atoms with Gasteiger partial charge in [-0.3, -0.25) is 14.3 Å². The van der Waals surface area contributed by atoms with E-state index in [1.165, 1.54) is 48.9 Å². The Labute approximate surface area is 149 Å². The Balaban J connectivity index is 0.00000242. The van der Waals surface area contributed by atoms with E-state index < -0.39 is 16.0 Å². The van der Waals surface area contributed by atoms with Gasteiger partial charge in [0.05, 0.1) is 11.1 Å². The van der Waals surface area contributed by atoms with Gasteiger partial charge in [-0.25, -0.2) is 5.43 Å². The molecule has 2 aromatic rings. The summed E-state index contributed by atoms with van der Waals surface area (Å²) in [4.78, 5) is 15.2. The van der Waals surface area contributed by atoms with Gasteiger partial charge in [0, 0.05) is 18.0 Å². The maximum atomic E-state index is 11.7. The summed E-state index contributed by atoms with van der Waals surface area (Å²) in [5, 5.41) is 3.72. The minimum atomic E-state index is -4.27. The zero-order valence-corrected chi connectivity index (χ0v) is 14.5. The second kappa shape index (κ2) is 8.16. The first-order valence-corrected chi connectivity index (χ1v) is 7.22. The van der Waals surface area contributed by atoms with E-state index in [9.17, 15) is 13.2 Å². The number of carbonyl (C=O) groups excluding carboxylic acids is 1. The van der Waals surface area contributed by atoms with Gasteiger partial charge in [0.15, 0.2) is 0 Å². The molecular weight excluding hydrogens is 317 g/mol. The summed E-state index contributed by atoms with van der Waals surface area (Å²) in [6, 6.07) is 8.58. The number of amides is 1. The van der Waals surface area contributed by atoms with Crippen LogP contribution in [0.2, 0.25) is 0 Å². The molecular formula is C13H11N3NaO4S+. The molecule has 0 fully saturated rings. The molecule has 2 N–H and O–H groups in total. The van der Waals surface area contributed by atoms with Crippen LogP contribution in [0.25, 0.3) is 0 Å². The van der Waals surface area contributed by atoms with Crippen LogP contribution in [0.4, 0.5) is 0 Å². The Morgan fingerprint density at radius 1 is 1.23 bits per heavy atom. The second-order valence-electron chi connectivity index (χ2n) is 3.98. The Kier molecular flexibility index (Phi) is 6.85. The van der Waals surface area contributed by atoms with Gasteiger partial charge in [0.2, 0.25) is 0 Å². The third-order valence-electron chi connectivity index (χ3n) is 2.48. The quantitative estimate of drug-likeness (QED) is 0.295. The van der Waals surface area contributed by atoms with Gasteiger partial charge in [-0.15, -0.1) is 0 Å². The molecule has 0 aliphatic rings. The topological polar surface area (TPSA) is 109 Å². The Hall–Kier alpha value is -1.58. The minimum Gasteiger partial charge on any atom is -0.282 e. The van der Waals surface area contributed by atoms with Crippen molar-refractivity contribution in [3.8, 4) is 0 Å². The average molecular weight is 328 g/mol. The summed E-state index contributed by atoms with van der Waals surface area (Å²) in [5.74, 6) is -0.417. The van der Waals surface area contributed by atoms with E-state index >= 15 is 0 Å². The van der Waals surface area contributed by atoms with Crippen LogP contribution in [0, 0.1) is 0 Å². The molecule has 0 aliphatic heterocycles. The first-order valence-electron chi connectivity index (χ1n) is 5.78. The van der Waals surface area contributed by atoms with E-state index in [0.29, 0.717) is 11.1 Å². The fourth-order valence-corrected chi connectivity index (χ4v) is 2.02. The van der Waals surface area contributed by atoms with Crippen molar-refractivity contribution in [1.29, 1.82) is 0 Å².